The number of hydrogen-bond donors (Lipinski definition) is 5. The van der Waals surface area contributed by atoms with Crippen LogP contribution in [0, 0.1) is 12.7 Å². The van der Waals surface area contributed by atoms with Gasteiger partial charge in [0.1, 0.15) is 17.2 Å². The summed E-state index contributed by atoms with van der Waals surface area (Å²) >= 11 is 0. The van der Waals surface area contributed by atoms with Crippen LogP contribution in [0.5, 0.6) is 0 Å². The number of H-pyrrole nitrogens is 2. The van der Waals surface area contributed by atoms with Crippen LogP contribution in [0.25, 0.3) is 10.9 Å². The molecule has 4 aromatic rings. The lowest BCUT2D eigenvalue weighted by atomic mass is 9.99. The number of hydrazine groups is 1. The predicted molar refractivity (Wildman–Crippen MR) is 179 cm³/mol. The number of aromatic amines is 2. The summed E-state index contributed by atoms with van der Waals surface area (Å²) in [4.78, 5) is 56.9. The van der Waals surface area contributed by atoms with Crippen molar-refractivity contribution in [2.45, 2.75) is 83.7 Å². The van der Waals surface area contributed by atoms with E-state index in [2.05, 4.69) is 32.6 Å². The molecule has 2 aromatic heterocycles. The van der Waals surface area contributed by atoms with Gasteiger partial charge in [-0.3, -0.25) is 24.6 Å². The second kappa shape index (κ2) is 13.7. The van der Waals surface area contributed by atoms with Gasteiger partial charge in [0.25, 0.3) is 5.56 Å². The minimum atomic E-state index is -1.31. The van der Waals surface area contributed by atoms with Gasteiger partial charge in [-0.25, -0.2) is 19.0 Å². The van der Waals surface area contributed by atoms with E-state index in [1.165, 1.54) is 21.8 Å². The smallest absolute Gasteiger partial charge is 0.341 e. The maximum atomic E-state index is 15.3. The molecule has 2 aromatic carbocycles. The molecule has 12 heteroatoms. The number of anilines is 2. The molecule has 0 amide bonds. The maximum absolute atomic E-state index is 15.3. The van der Waals surface area contributed by atoms with Crippen LogP contribution in [0.2, 0.25) is 0 Å². The number of carbonyl (C=O) groups is 1. The molecular formula is C35H41FN6O5. The Morgan fingerprint density at radius 1 is 1.04 bits per heavy atom. The number of fused-ring (bicyclic) bond motifs is 1. The maximum Gasteiger partial charge on any atom is 0.341 e. The SMILES string of the molecule is CCc1cc(Nc2cc(=O)n(CCC(CCc3cc4[nH]c(C5CC5)c(C(=O)O)c(=O)c4cc3F)NN3CCCC3)c(=O)[nH]2)ccc1C. The van der Waals surface area contributed by atoms with Crippen molar-refractivity contribution >= 4 is 28.4 Å². The highest BCUT2D eigenvalue weighted by molar-refractivity contribution is 5.94. The van der Waals surface area contributed by atoms with Crippen LogP contribution in [0.3, 0.4) is 0 Å². The van der Waals surface area contributed by atoms with Crippen LogP contribution in [0.15, 0.2) is 50.8 Å². The number of pyridine rings is 1. The van der Waals surface area contributed by atoms with Crippen molar-refractivity contribution in [2.75, 3.05) is 18.4 Å². The summed E-state index contributed by atoms with van der Waals surface area (Å²) in [5.74, 6) is -1.57. The minimum Gasteiger partial charge on any atom is -0.477 e. The molecule has 0 radical (unpaired) electrons. The molecule has 1 saturated heterocycles. The van der Waals surface area contributed by atoms with Gasteiger partial charge in [-0.2, -0.15) is 0 Å². The number of rotatable bonds is 13. The largest absolute Gasteiger partial charge is 0.477 e. The summed E-state index contributed by atoms with van der Waals surface area (Å²) in [5.41, 5.74) is 5.97. The minimum absolute atomic E-state index is 0.00586. The van der Waals surface area contributed by atoms with E-state index >= 15 is 4.39 Å². The number of aryl methyl sites for hydroxylation is 3. The fraction of sp³-hybridized carbons (Fsp3) is 0.429. The van der Waals surface area contributed by atoms with E-state index in [9.17, 15) is 24.3 Å². The van der Waals surface area contributed by atoms with Gasteiger partial charge in [-0.15, -0.1) is 0 Å². The van der Waals surface area contributed by atoms with Crippen molar-refractivity contribution in [1.29, 1.82) is 0 Å². The summed E-state index contributed by atoms with van der Waals surface area (Å²) in [6, 6.07) is 9.86. The van der Waals surface area contributed by atoms with Crippen LogP contribution in [-0.2, 0) is 19.4 Å². The van der Waals surface area contributed by atoms with E-state index in [1.54, 1.807) is 6.07 Å². The van der Waals surface area contributed by atoms with Crippen molar-refractivity contribution in [3.63, 3.8) is 0 Å². The van der Waals surface area contributed by atoms with Gasteiger partial charge in [-0.05, 0) is 99.2 Å². The molecule has 1 unspecified atom stereocenters. The molecule has 248 valence electrons. The highest BCUT2D eigenvalue weighted by Gasteiger charge is 2.31. The Balaban J connectivity index is 1.19. The first-order valence-corrected chi connectivity index (χ1v) is 16.4. The van der Waals surface area contributed by atoms with Gasteiger partial charge < -0.3 is 15.4 Å². The zero-order valence-electron chi connectivity index (χ0n) is 26.7. The molecular weight excluding hydrogens is 603 g/mol. The van der Waals surface area contributed by atoms with E-state index in [-0.39, 0.29) is 29.5 Å². The number of carboxylic acids is 1. The molecule has 1 aliphatic heterocycles. The number of aromatic carboxylic acids is 1. The van der Waals surface area contributed by atoms with Crippen molar-refractivity contribution < 1.29 is 14.3 Å². The number of nitrogens with zero attached hydrogens (tertiary/aromatic N) is 2. The predicted octanol–water partition coefficient (Wildman–Crippen LogP) is 4.70. The molecule has 1 saturated carbocycles. The van der Waals surface area contributed by atoms with Gasteiger partial charge in [0.15, 0.2) is 0 Å². The average molecular weight is 645 g/mol. The summed E-state index contributed by atoms with van der Waals surface area (Å²) in [6.45, 7) is 6.03. The van der Waals surface area contributed by atoms with Gasteiger partial charge in [0, 0.05) is 59.9 Å². The molecule has 2 aliphatic rings. The summed E-state index contributed by atoms with van der Waals surface area (Å²) in [5, 5.41) is 14.9. The average Bonchev–Trinajstić information content (AvgIpc) is 3.75. The van der Waals surface area contributed by atoms with E-state index in [0.717, 1.165) is 56.9 Å². The lowest BCUT2D eigenvalue weighted by Crippen LogP contribution is -2.45. The first-order chi connectivity index (χ1) is 22.6. The molecule has 3 heterocycles. The molecule has 0 spiro atoms. The first-order valence-electron chi connectivity index (χ1n) is 16.4. The Morgan fingerprint density at radius 3 is 2.49 bits per heavy atom. The molecule has 47 heavy (non-hydrogen) atoms. The topological polar surface area (TPSA) is 152 Å². The number of hydrogen-bond acceptors (Lipinski definition) is 7. The molecule has 0 bridgehead atoms. The van der Waals surface area contributed by atoms with Gasteiger partial charge in [0.2, 0.25) is 5.43 Å². The van der Waals surface area contributed by atoms with Crippen LogP contribution in [-0.4, -0.2) is 49.8 Å². The van der Waals surface area contributed by atoms with E-state index in [1.807, 2.05) is 25.1 Å². The highest BCUT2D eigenvalue weighted by Crippen LogP contribution is 2.40. The third-order valence-electron chi connectivity index (χ3n) is 9.36. The number of halogens is 1. The van der Waals surface area contributed by atoms with E-state index < -0.39 is 28.5 Å². The zero-order chi connectivity index (χ0) is 33.2. The normalized spacial score (nSPS) is 15.7. The number of aromatic nitrogens is 3. The van der Waals surface area contributed by atoms with Crippen molar-refractivity contribution in [3.05, 3.63) is 101 Å². The van der Waals surface area contributed by atoms with Gasteiger partial charge >= 0.3 is 11.7 Å². The van der Waals surface area contributed by atoms with Crippen molar-refractivity contribution in [3.8, 4) is 0 Å². The fourth-order valence-corrected chi connectivity index (χ4v) is 6.53. The van der Waals surface area contributed by atoms with E-state index in [4.69, 9.17) is 0 Å². The molecule has 11 nitrogen and oxygen atoms in total. The fourth-order valence-electron chi connectivity index (χ4n) is 6.53. The lowest BCUT2D eigenvalue weighted by Gasteiger charge is -2.26. The zero-order valence-corrected chi connectivity index (χ0v) is 26.7. The van der Waals surface area contributed by atoms with Crippen molar-refractivity contribution in [1.82, 2.24) is 25.0 Å². The van der Waals surface area contributed by atoms with Crippen LogP contribution < -0.4 is 27.4 Å². The Labute approximate surface area is 270 Å². The van der Waals surface area contributed by atoms with Crippen LogP contribution in [0.1, 0.15) is 84.1 Å². The number of carboxylic acid groups (broad SMARTS) is 1. The molecule has 6 rings (SSSR count). The second-order valence-corrected chi connectivity index (χ2v) is 12.8. The molecule has 2 fully saturated rings. The quantitative estimate of drug-likeness (QED) is 0.141. The van der Waals surface area contributed by atoms with E-state index in [0.29, 0.717) is 41.9 Å². The summed E-state index contributed by atoms with van der Waals surface area (Å²) in [7, 11) is 0. The monoisotopic (exact) mass is 644 g/mol. The Kier molecular flexibility index (Phi) is 9.42. The third kappa shape index (κ3) is 7.23. The standard InChI is InChI=1S/C35H41FN6O5/c1-3-21-16-25(10-6-20(21)2)37-29-19-30(43)42(35(47)39-29)15-12-24(40-41-13-4-5-14-41)11-9-23-17-28-26(18-27(23)36)33(44)31(34(45)46)32(38-28)22-7-8-22/h6,10,16-19,22,24,37,40H,3-5,7-9,11-15H2,1-2H3,(H,38,44)(H,39,47)(H,45,46). The number of benzene rings is 2. The molecule has 1 atom stereocenters. The van der Waals surface area contributed by atoms with Crippen molar-refractivity contribution in [2.24, 2.45) is 0 Å². The van der Waals surface area contributed by atoms with Gasteiger partial charge in [0.05, 0.1) is 0 Å². The Hall–Kier alpha value is -4.55. The second-order valence-electron chi connectivity index (χ2n) is 12.8. The highest BCUT2D eigenvalue weighted by atomic mass is 19.1. The Bertz CT molecular complexity index is 1960. The third-order valence-corrected chi connectivity index (χ3v) is 9.36. The summed E-state index contributed by atoms with van der Waals surface area (Å²) in [6.07, 6.45) is 5.88. The summed E-state index contributed by atoms with van der Waals surface area (Å²) < 4.78 is 16.5. The van der Waals surface area contributed by atoms with Crippen LogP contribution >= 0.6 is 0 Å². The molecule has 5 N–H and O–H groups in total. The first kappa shape index (κ1) is 32.4. The Morgan fingerprint density at radius 2 is 1.81 bits per heavy atom. The van der Waals surface area contributed by atoms with Crippen LogP contribution in [0.4, 0.5) is 15.9 Å². The molecule has 1 aliphatic carbocycles. The van der Waals surface area contributed by atoms with Gasteiger partial charge in [-0.1, -0.05) is 13.0 Å². The lowest BCUT2D eigenvalue weighted by molar-refractivity contribution is 0.0694. The number of nitrogens with one attached hydrogen (secondary N) is 4.